The zero-order chi connectivity index (χ0) is 16.2. The summed E-state index contributed by atoms with van der Waals surface area (Å²) < 4.78 is 11.0. The summed E-state index contributed by atoms with van der Waals surface area (Å²) in [5.41, 5.74) is 10.1. The van der Waals surface area contributed by atoms with Crippen molar-refractivity contribution in [3.8, 4) is 5.75 Å². The minimum atomic E-state index is -0.528. The van der Waals surface area contributed by atoms with Crippen LogP contribution in [0.4, 0.5) is 5.69 Å². The lowest BCUT2D eigenvalue weighted by molar-refractivity contribution is 0.306. The maximum Gasteiger partial charge on any atom is 0.339 e. The fraction of sp³-hybridized carbons (Fsp3) is 0.118. The second-order valence-electron chi connectivity index (χ2n) is 4.98. The Morgan fingerprint density at radius 3 is 2.74 bits per heavy atom. The first-order valence-corrected chi connectivity index (χ1v) is 6.98. The van der Waals surface area contributed by atoms with Crippen molar-refractivity contribution >= 4 is 16.7 Å². The van der Waals surface area contributed by atoms with Crippen LogP contribution in [0.25, 0.3) is 21.4 Å². The van der Waals surface area contributed by atoms with Gasteiger partial charge >= 0.3 is 5.63 Å². The van der Waals surface area contributed by atoms with Gasteiger partial charge in [0, 0.05) is 21.9 Å². The summed E-state index contributed by atoms with van der Waals surface area (Å²) in [6.07, 6.45) is 0. The summed E-state index contributed by atoms with van der Waals surface area (Å²) in [5, 5.41) is 4.17. The second kappa shape index (κ2) is 6.25. The van der Waals surface area contributed by atoms with Crippen LogP contribution in [-0.2, 0) is 6.61 Å². The molecule has 1 heterocycles. The van der Waals surface area contributed by atoms with Crippen LogP contribution in [0.5, 0.6) is 5.75 Å². The summed E-state index contributed by atoms with van der Waals surface area (Å²) >= 11 is 0. The molecule has 0 aliphatic heterocycles. The van der Waals surface area contributed by atoms with Gasteiger partial charge in [0.15, 0.2) is 0 Å². The lowest BCUT2D eigenvalue weighted by Crippen LogP contribution is -2.03. The van der Waals surface area contributed by atoms with Gasteiger partial charge in [-0.3, -0.25) is 0 Å². The lowest BCUT2D eigenvalue weighted by atomic mass is 10.1. The Kier molecular flexibility index (Phi) is 3.99. The van der Waals surface area contributed by atoms with Crippen molar-refractivity contribution in [2.24, 2.45) is 5.11 Å². The first kappa shape index (κ1) is 14.7. The molecule has 0 unspecified atom stereocenters. The van der Waals surface area contributed by atoms with Crippen LogP contribution in [-0.4, -0.2) is 0 Å². The molecule has 0 aliphatic carbocycles. The van der Waals surface area contributed by atoms with Gasteiger partial charge in [-0.1, -0.05) is 35.4 Å². The Bertz CT molecular complexity index is 958. The molecule has 0 radical (unpaired) electrons. The van der Waals surface area contributed by atoms with E-state index in [9.17, 15) is 4.79 Å². The first-order chi connectivity index (χ1) is 11.2. The van der Waals surface area contributed by atoms with Crippen LogP contribution in [0.1, 0.15) is 11.1 Å². The van der Waals surface area contributed by atoms with Crippen molar-refractivity contribution in [3.63, 3.8) is 0 Å². The van der Waals surface area contributed by atoms with E-state index in [-0.39, 0.29) is 11.3 Å². The van der Waals surface area contributed by atoms with Crippen LogP contribution in [0, 0.1) is 6.92 Å². The molecule has 1 aromatic heterocycles. The number of rotatable bonds is 4. The highest BCUT2D eigenvalue weighted by Crippen LogP contribution is 2.30. The third-order valence-electron chi connectivity index (χ3n) is 3.47. The van der Waals surface area contributed by atoms with Crippen molar-refractivity contribution < 1.29 is 9.15 Å². The van der Waals surface area contributed by atoms with Crippen molar-refractivity contribution in [1.82, 2.24) is 0 Å². The van der Waals surface area contributed by atoms with Gasteiger partial charge in [-0.2, -0.15) is 0 Å². The number of benzene rings is 2. The van der Waals surface area contributed by atoms with Gasteiger partial charge < -0.3 is 9.15 Å². The third-order valence-corrected chi connectivity index (χ3v) is 3.47. The van der Waals surface area contributed by atoms with Crippen LogP contribution in [0.3, 0.4) is 0 Å². The molecular weight excluding hydrogens is 294 g/mol. The van der Waals surface area contributed by atoms with Crippen molar-refractivity contribution in [2.75, 3.05) is 0 Å². The van der Waals surface area contributed by atoms with Gasteiger partial charge in [-0.25, -0.2) is 4.79 Å². The molecule has 114 valence electrons. The van der Waals surface area contributed by atoms with Gasteiger partial charge in [0.1, 0.15) is 17.9 Å². The molecule has 3 rings (SSSR count). The Balaban J connectivity index is 1.97. The number of hydrogen-bond donors (Lipinski definition) is 0. The molecule has 23 heavy (non-hydrogen) atoms. The predicted molar refractivity (Wildman–Crippen MR) is 86.8 cm³/mol. The van der Waals surface area contributed by atoms with E-state index in [1.807, 2.05) is 30.3 Å². The monoisotopic (exact) mass is 307 g/mol. The van der Waals surface area contributed by atoms with Crippen LogP contribution < -0.4 is 10.4 Å². The molecule has 0 atom stereocenters. The molecule has 3 aromatic rings. The Morgan fingerprint density at radius 2 is 2.00 bits per heavy atom. The Morgan fingerprint density at radius 1 is 1.22 bits per heavy atom. The molecule has 0 spiro atoms. The molecule has 0 saturated heterocycles. The lowest BCUT2D eigenvalue weighted by Gasteiger charge is -2.08. The summed E-state index contributed by atoms with van der Waals surface area (Å²) in [6.45, 7) is 1.97. The molecule has 0 N–H and O–H groups in total. The van der Waals surface area contributed by atoms with E-state index in [4.69, 9.17) is 14.7 Å². The topological polar surface area (TPSA) is 88.2 Å². The number of nitrogens with zero attached hydrogens (tertiary/aromatic N) is 3. The van der Waals surface area contributed by atoms with Crippen LogP contribution in [0.15, 0.2) is 62.9 Å². The maximum atomic E-state index is 11.8. The number of azide groups is 1. The highest BCUT2D eigenvalue weighted by atomic mass is 16.5. The van der Waals surface area contributed by atoms with Gasteiger partial charge in [0.25, 0.3) is 0 Å². The van der Waals surface area contributed by atoms with E-state index >= 15 is 0 Å². The molecule has 0 aliphatic rings. The number of fused-ring (bicyclic) bond motifs is 1. The van der Waals surface area contributed by atoms with E-state index in [1.165, 1.54) is 0 Å². The fourth-order valence-corrected chi connectivity index (χ4v) is 2.26. The first-order valence-electron chi connectivity index (χ1n) is 6.98. The average molecular weight is 307 g/mol. The van der Waals surface area contributed by atoms with E-state index in [2.05, 4.69) is 10.0 Å². The minimum Gasteiger partial charge on any atom is -0.489 e. The molecule has 0 bridgehead atoms. The average Bonchev–Trinajstić information content (AvgIpc) is 2.58. The SMILES string of the molecule is Cc1c(N=[N+]=[N-])c2ccc(OCc3ccccc3)cc2oc1=O. The minimum absolute atomic E-state index is 0.285. The Hall–Kier alpha value is -3.24. The zero-order valence-electron chi connectivity index (χ0n) is 12.4. The Labute approximate surface area is 131 Å². The van der Waals surface area contributed by atoms with Gasteiger partial charge in [-0.05, 0) is 30.2 Å². The third kappa shape index (κ3) is 3.02. The molecule has 6 heteroatoms. The van der Waals surface area contributed by atoms with Crippen LogP contribution >= 0.6 is 0 Å². The van der Waals surface area contributed by atoms with Crippen molar-refractivity contribution in [2.45, 2.75) is 13.5 Å². The van der Waals surface area contributed by atoms with Crippen LogP contribution in [0.2, 0.25) is 0 Å². The number of ether oxygens (including phenoxy) is 1. The normalized spacial score (nSPS) is 10.3. The van der Waals surface area contributed by atoms with Crippen molar-refractivity contribution in [1.29, 1.82) is 0 Å². The van der Waals surface area contributed by atoms with E-state index in [0.717, 1.165) is 5.56 Å². The fourth-order valence-electron chi connectivity index (χ4n) is 2.26. The molecule has 0 saturated carbocycles. The highest BCUT2D eigenvalue weighted by Gasteiger charge is 2.10. The molecule has 6 nitrogen and oxygen atoms in total. The molecule has 0 fully saturated rings. The number of hydrogen-bond acceptors (Lipinski definition) is 4. The molecule has 0 amide bonds. The van der Waals surface area contributed by atoms with Gasteiger partial charge in [0.2, 0.25) is 0 Å². The molecule has 2 aromatic carbocycles. The van der Waals surface area contributed by atoms with Crippen molar-refractivity contribution in [3.05, 3.63) is 80.5 Å². The second-order valence-corrected chi connectivity index (χ2v) is 4.98. The van der Waals surface area contributed by atoms with E-state index in [1.54, 1.807) is 25.1 Å². The maximum absolute atomic E-state index is 11.8. The largest absolute Gasteiger partial charge is 0.489 e. The van der Waals surface area contributed by atoms with Gasteiger partial charge in [0.05, 0.1) is 5.69 Å². The van der Waals surface area contributed by atoms with E-state index in [0.29, 0.717) is 23.3 Å². The summed E-state index contributed by atoms with van der Waals surface area (Å²) in [4.78, 5) is 14.6. The zero-order valence-corrected chi connectivity index (χ0v) is 12.4. The van der Waals surface area contributed by atoms with Gasteiger partial charge in [-0.15, -0.1) is 0 Å². The van der Waals surface area contributed by atoms with E-state index < -0.39 is 5.63 Å². The predicted octanol–water partition coefficient (Wildman–Crippen LogP) is 4.62. The quantitative estimate of drug-likeness (QED) is 0.305. The summed E-state index contributed by atoms with van der Waals surface area (Å²) in [7, 11) is 0. The summed E-state index contributed by atoms with van der Waals surface area (Å²) in [5.74, 6) is 0.570. The highest BCUT2D eigenvalue weighted by molar-refractivity contribution is 5.90. The summed E-state index contributed by atoms with van der Waals surface area (Å²) in [6, 6.07) is 14.8. The standard InChI is InChI=1S/C17H13N3O3/c1-11-16(19-20-18)14-8-7-13(9-15(14)23-17(11)21)22-10-12-5-3-2-4-6-12/h2-9H,10H2,1H3. The molecular formula is C17H13N3O3. The smallest absolute Gasteiger partial charge is 0.339 e.